The highest BCUT2D eigenvalue weighted by atomic mass is 35.5. The number of nitrogens with zero attached hydrogens (tertiary/aromatic N) is 2. The summed E-state index contributed by atoms with van der Waals surface area (Å²) < 4.78 is 3.19. The maximum atomic E-state index is 12.4. The highest BCUT2D eigenvalue weighted by Gasteiger charge is 2.12. The molecule has 1 aromatic heterocycles. The van der Waals surface area contributed by atoms with E-state index in [0.29, 0.717) is 10.0 Å². The number of rotatable bonds is 1. The van der Waals surface area contributed by atoms with Crippen molar-refractivity contribution in [2.24, 2.45) is 7.05 Å². The number of aryl methyl sites for hydroxylation is 1. The highest BCUT2D eigenvalue weighted by molar-refractivity contribution is 6.31. The van der Waals surface area contributed by atoms with Gasteiger partial charge in [-0.1, -0.05) is 29.3 Å². The molecule has 0 saturated carbocycles. The fourth-order valence-corrected chi connectivity index (χ4v) is 2.53. The van der Waals surface area contributed by atoms with Crippen molar-refractivity contribution in [2.75, 3.05) is 0 Å². The smallest absolute Gasteiger partial charge is 0.295 e. The van der Waals surface area contributed by atoms with Crippen molar-refractivity contribution in [3.05, 3.63) is 63.0 Å². The lowest BCUT2D eigenvalue weighted by Gasteiger charge is -2.03. The number of fused-ring (bicyclic) bond motifs is 1. The van der Waals surface area contributed by atoms with E-state index in [4.69, 9.17) is 23.2 Å². The first-order valence-electron chi connectivity index (χ1n) is 5.71. The lowest BCUT2D eigenvalue weighted by Crippen LogP contribution is -2.20. The molecular formula is C14H10Cl2N2O. The van der Waals surface area contributed by atoms with E-state index in [1.54, 1.807) is 40.4 Å². The van der Waals surface area contributed by atoms with E-state index < -0.39 is 0 Å². The Morgan fingerprint density at radius 3 is 2.42 bits per heavy atom. The number of halogens is 2. The molecule has 3 rings (SSSR count). The molecule has 0 unspecified atom stereocenters. The Balaban J connectivity index is 2.44. The summed E-state index contributed by atoms with van der Waals surface area (Å²) in [5, 5.41) is 1.18. The molecule has 0 bridgehead atoms. The standard InChI is InChI=1S/C14H10Cl2N2O/c1-17-12-6-5-10(16)8-13(12)18(14(17)19)11-4-2-3-9(15)7-11/h2-8H,1H3. The number of hydrogen-bond acceptors (Lipinski definition) is 1. The first-order chi connectivity index (χ1) is 9.08. The molecule has 0 N–H and O–H groups in total. The minimum Gasteiger partial charge on any atom is -0.295 e. The Morgan fingerprint density at radius 1 is 0.947 bits per heavy atom. The number of aromatic nitrogens is 2. The van der Waals surface area contributed by atoms with Gasteiger partial charge in [-0.05, 0) is 36.4 Å². The van der Waals surface area contributed by atoms with Gasteiger partial charge in [0.25, 0.3) is 0 Å². The van der Waals surface area contributed by atoms with Crippen LogP contribution in [0.4, 0.5) is 0 Å². The average molecular weight is 293 g/mol. The summed E-state index contributed by atoms with van der Waals surface area (Å²) in [6.45, 7) is 0. The van der Waals surface area contributed by atoms with Crippen molar-refractivity contribution in [1.82, 2.24) is 9.13 Å². The highest BCUT2D eigenvalue weighted by Crippen LogP contribution is 2.22. The Kier molecular flexibility index (Phi) is 2.88. The zero-order chi connectivity index (χ0) is 13.6. The minimum absolute atomic E-state index is 0.125. The van der Waals surface area contributed by atoms with Gasteiger partial charge in [-0.2, -0.15) is 0 Å². The van der Waals surface area contributed by atoms with E-state index in [1.165, 1.54) is 0 Å². The molecule has 0 amide bonds. The summed E-state index contributed by atoms with van der Waals surface area (Å²) >= 11 is 12.0. The van der Waals surface area contributed by atoms with Crippen LogP contribution in [0.15, 0.2) is 47.3 Å². The first-order valence-corrected chi connectivity index (χ1v) is 6.46. The maximum Gasteiger partial charge on any atom is 0.333 e. The van der Waals surface area contributed by atoms with Crippen molar-refractivity contribution in [1.29, 1.82) is 0 Å². The zero-order valence-corrected chi connectivity index (χ0v) is 11.6. The van der Waals surface area contributed by atoms with Crippen LogP contribution in [0.25, 0.3) is 16.7 Å². The second kappa shape index (κ2) is 4.44. The fraction of sp³-hybridized carbons (Fsp3) is 0.0714. The molecule has 3 nitrogen and oxygen atoms in total. The zero-order valence-electron chi connectivity index (χ0n) is 10.1. The van der Waals surface area contributed by atoms with Crippen LogP contribution in [-0.4, -0.2) is 9.13 Å². The van der Waals surface area contributed by atoms with Gasteiger partial charge in [0, 0.05) is 17.1 Å². The van der Waals surface area contributed by atoms with Crippen LogP contribution in [0.2, 0.25) is 10.0 Å². The van der Waals surface area contributed by atoms with Gasteiger partial charge >= 0.3 is 5.69 Å². The van der Waals surface area contributed by atoms with Crippen LogP contribution in [0.1, 0.15) is 0 Å². The predicted molar refractivity (Wildman–Crippen MR) is 78.5 cm³/mol. The van der Waals surface area contributed by atoms with Gasteiger partial charge in [0.05, 0.1) is 16.7 Å². The monoisotopic (exact) mass is 292 g/mol. The molecule has 0 aliphatic heterocycles. The fourth-order valence-electron chi connectivity index (χ4n) is 2.18. The van der Waals surface area contributed by atoms with Gasteiger partial charge in [-0.3, -0.25) is 9.13 Å². The summed E-state index contributed by atoms with van der Waals surface area (Å²) in [6.07, 6.45) is 0. The van der Waals surface area contributed by atoms with Crippen molar-refractivity contribution in [2.45, 2.75) is 0 Å². The number of benzene rings is 2. The second-order valence-corrected chi connectivity index (χ2v) is 5.16. The Morgan fingerprint density at radius 2 is 1.68 bits per heavy atom. The topological polar surface area (TPSA) is 26.9 Å². The molecular weight excluding hydrogens is 283 g/mol. The van der Waals surface area contributed by atoms with Crippen LogP contribution in [-0.2, 0) is 7.05 Å². The largest absolute Gasteiger partial charge is 0.333 e. The third-order valence-corrected chi connectivity index (χ3v) is 3.55. The summed E-state index contributed by atoms with van der Waals surface area (Å²) in [4.78, 5) is 12.4. The summed E-state index contributed by atoms with van der Waals surface area (Å²) in [7, 11) is 1.74. The molecule has 3 aromatic rings. The van der Waals surface area contributed by atoms with Gasteiger partial charge in [-0.25, -0.2) is 4.79 Å². The third kappa shape index (κ3) is 1.95. The van der Waals surface area contributed by atoms with E-state index in [2.05, 4.69) is 0 Å². The van der Waals surface area contributed by atoms with Crippen LogP contribution in [0.5, 0.6) is 0 Å². The molecule has 0 fully saturated rings. The lowest BCUT2D eigenvalue weighted by atomic mass is 10.3. The van der Waals surface area contributed by atoms with Crippen molar-refractivity contribution in [3.63, 3.8) is 0 Å². The van der Waals surface area contributed by atoms with Crippen LogP contribution in [0.3, 0.4) is 0 Å². The Bertz CT molecular complexity index is 833. The molecule has 5 heteroatoms. The molecule has 2 aromatic carbocycles. The molecule has 0 aliphatic rings. The molecule has 0 radical (unpaired) electrons. The molecule has 96 valence electrons. The van der Waals surface area contributed by atoms with Gasteiger partial charge < -0.3 is 0 Å². The third-order valence-electron chi connectivity index (χ3n) is 3.08. The maximum absolute atomic E-state index is 12.4. The summed E-state index contributed by atoms with van der Waals surface area (Å²) in [5.74, 6) is 0. The van der Waals surface area contributed by atoms with E-state index in [1.807, 2.05) is 18.2 Å². The van der Waals surface area contributed by atoms with Gasteiger partial charge in [0.2, 0.25) is 0 Å². The normalized spacial score (nSPS) is 11.1. The molecule has 1 heterocycles. The van der Waals surface area contributed by atoms with E-state index >= 15 is 0 Å². The SMILES string of the molecule is Cn1c(=O)n(-c2cccc(Cl)c2)c2cc(Cl)ccc21. The van der Waals surface area contributed by atoms with Crippen LogP contribution >= 0.6 is 23.2 Å². The number of imidazole rings is 1. The summed E-state index contributed by atoms with van der Waals surface area (Å²) in [5.41, 5.74) is 2.20. The number of hydrogen-bond donors (Lipinski definition) is 0. The minimum atomic E-state index is -0.125. The van der Waals surface area contributed by atoms with Gasteiger partial charge in [-0.15, -0.1) is 0 Å². The van der Waals surface area contributed by atoms with Crippen molar-refractivity contribution < 1.29 is 0 Å². The quantitative estimate of drug-likeness (QED) is 0.673. The van der Waals surface area contributed by atoms with E-state index in [-0.39, 0.29) is 5.69 Å². The first kappa shape index (κ1) is 12.3. The Hall–Kier alpha value is -1.71. The van der Waals surface area contributed by atoms with E-state index in [0.717, 1.165) is 16.7 Å². The molecule has 19 heavy (non-hydrogen) atoms. The van der Waals surface area contributed by atoms with Crippen molar-refractivity contribution >= 4 is 34.2 Å². The van der Waals surface area contributed by atoms with Crippen molar-refractivity contribution in [3.8, 4) is 5.69 Å². The second-order valence-electron chi connectivity index (χ2n) is 4.29. The van der Waals surface area contributed by atoms with E-state index in [9.17, 15) is 4.79 Å². The van der Waals surface area contributed by atoms with Crippen LogP contribution in [0, 0.1) is 0 Å². The molecule has 0 saturated heterocycles. The molecule has 0 atom stereocenters. The average Bonchev–Trinajstić information content (AvgIpc) is 2.61. The van der Waals surface area contributed by atoms with Crippen LogP contribution < -0.4 is 5.69 Å². The Labute approximate surface area is 119 Å². The lowest BCUT2D eigenvalue weighted by molar-refractivity contribution is 0.846. The van der Waals surface area contributed by atoms with Gasteiger partial charge in [0.1, 0.15) is 0 Å². The predicted octanol–water partition coefficient (Wildman–Crippen LogP) is 3.64. The molecule has 0 spiro atoms. The summed E-state index contributed by atoms with van der Waals surface area (Å²) in [6, 6.07) is 12.6. The van der Waals surface area contributed by atoms with Gasteiger partial charge in [0.15, 0.2) is 0 Å². The molecule has 0 aliphatic carbocycles.